The standard InChI is InChI=1S/C31H40N4O6S/c1-20(2)17-24(26(36)30-32-15-16-42-30)33-28(38)29(41-21(3)4)35-27(37)25(18-22-11-7-5-8-12-22)34-31(39)40-19-23-13-9-6-10-14-23/h5-16,20-21,24-26,29,36H,17-19H2,1-4H3,(H,33,38)(H,34,39)(H,35,37)/t24-,25-,26+,29?/m0/s1/i/hD. The Balaban J connectivity index is 1.79. The first-order chi connectivity index (χ1) is 20.5. The highest BCUT2D eigenvalue weighted by atomic mass is 32.1. The first-order valence-electron chi connectivity index (χ1n) is 14.4. The summed E-state index contributed by atoms with van der Waals surface area (Å²) in [7, 11) is 0. The Hall–Kier alpha value is -3.80. The molecule has 0 aliphatic rings. The van der Waals surface area contributed by atoms with Gasteiger partial charge in [-0.2, -0.15) is 0 Å². The summed E-state index contributed by atoms with van der Waals surface area (Å²) < 4.78 is 19.6. The first kappa shape index (κ1) is 31.1. The molecule has 1 aromatic heterocycles. The van der Waals surface area contributed by atoms with E-state index in [0.717, 1.165) is 5.56 Å². The van der Waals surface area contributed by atoms with Crippen molar-refractivity contribution in [2.75, 3.05) is 0 Å². The van der Waals surface area contributed by atoms with Crippen LogP contribution >= 0.6 is 11.3 Å². The Kier molecular flexibility index (Phi) is 12.3. The molecular formula is C31H40N4O6S. The second-order valence-corrected chi connectivity index (χ2v) is 11.4. The van der Waals surface area contributed by atoms with Crippen LogP contribution in [0.1, 0.15) is 56.4 Å². The Labute approximate surface area is 252 Å². The molecule has 11 heteroatoms. The van der Waals surface area contributed by atoms with Gasteiger partial charge in [-0.25, -0.2) is 9.78 Å². The van der Waals surface area contributed by atoms with Gasteiger partial charge in [0.25, 0.3) is 5.91 Å². The topological polar surface area (TPSA) is 139 Å². The molecule has 0 aliphatic carbocycles. The van der Waals surface area contributed by atoms with E-state index in [1.165, 1.54) is 11.3 Å². The summed E-state index contributed by atoms with van der Waals surface area (Å²) in [5.74, 6) is -1.32. The average Bonchev–Trinajstić information content (AvgIpc) is 3.53. The fourth-order valence-electron chi connectivity index (χ4n) is 4.16. The predicted octanol–water partition coefficient (Wildman–Crippen LogP) is 4.11. The number of carbonyl (C=O) groups is 3. The molecule has 0 saturated carbocycles. The van der Waals surface area contributed by atoms with Crippen LogP contribution in [0.3, 0.4) is 0 Å². The van der Waals surface area contributed by atoms with Crippen molar-refractivity contribution in [1.82, 2.24) is 20.9 Å². The number of alkyl carbamates (subject to hydrolysis) is 1. The fraction of sp³-hybridized carbons (Fsp3) is 0.419. The maximum Gasteiger partial charge on any atom is 0.408 e. The Morgan fingerprint density at radius 3 is 2.17 bits per heavy atom. The fourth-order valence-corrected chi connectivity index (χ4v) is 4.85. The summed E-state index contributed by atoms with van der Waals surface area (Å²) in [5.41, 5.74) is 1.43. The van der Waals surface area contributed by atoms with E-state index in [0.29, 0.717) is 22.3 Å². The van der Waals surface area contributed by atoms with Crippen LogP contribution in [0.4, 0.5) is 4.79 Å². The summed E-state index contributed by atoms with van der Waals surface area (Å²) >= 11 is 1.27. The number of aliphatic hydroxyl groups excluding tert-OH is 1. The second kappa shape index (κ2) is 16.6. The lowest BCUT2D eigenvalue weighted by atomic mass is 9.99. The predicted molar refractivity (Wildman–Crippen MR) is 160 cm³/mol. The quantitative estimate of drug-likeness (QED) is 0.193. The molecule has 0 radical (unpaired) electrons. The molecule has 2 aromatic carbocycles. The molecule has 0 bridgehead atoms. The number of rotatable bonds is 15. The van der Waals surface area contributed by atoms with Gasteiger partial charge < -0.3 is 30.5 Å². The summed E-state index contributed by atoms with van der Waals surface area (Å²) in [6.45, 7) is 7.27. The largest absolute Gasteiger partial charge is 0.445 e. The molecular weight excluding hydrogens is 556 g/mol. The number of ether oxygens (including phenoxy) is 2. The van der Waals surface area contributed by atoms with Crippen molar-refractivity contribution in [2.24, 2.45) is 5.92 Å². The zero-order valence-electron chi connectivity index (χ0n) is 25.3. The number of carbonyl (C=O) groups excluding carboxylic acids is 3. The summed E-state index contributed by atoms with van der Waals surface area (Å²) in [6.07, 6.45) is -1.99. The van der Waals surface area contributed by atoms with Crippen molar-refractivity contribution in [2.45, 2.75) is 77.7 Å². The SMILES string of the molecule is [2H]N(C(=O)OCc1ccccc1)[C@@H](Cc1ccccc1)C(=O)NC(OC(C)C)C(=O)N[C@@H](CC(C)C)[C@@H](O)c1nccs1. The molecule has 0 fully saturated rings. The molecule has 0 aliphatic heterocycles. The van der Waals surface area contributed by atoms with Gasteiger partial charge in [0.2, 0.25) is 12.1 Å². The van der Waals surface area contributed by atoms with Crippen LogP contribution in [0.15, 0.2) is 72.2 Å². The molecule has 10 nitrogen and oxygen atoms in total. The van der Waals surface area contributed by atoms with Crippen LogP contribution in [0.5, 0.6) is 0 Å². The molecule has 226 valence electrons. The van der Waals surface area contributed by atoms with E-state index in [1.54, 1.807) is 74.0 Å². The van der Waals surface area contributed by atoms with Crippen LogP contribution in [-0.2, 0) is 32.1 Å². The lowest BCUT2D eigenvalue weighted by Crippen LogP contribution is -2.57. The van der Waals surface area contributed by atoms with E-state index in [-0.39, 0.29) is 18.9 Å². The van der Waals surface area contributed by atoms with Gasteiger partial charge in [0.1, 0.15) is 23.8 Å². The van der Waals surface area contributed by atoms with Crippen molar-refractivity contribution < 1.29 is 30.4 Å². The Bertz CT molecular complexity index is 1280. The van der Waals surface area contributed by atoms with E-state index in [4.69, 9.17) is 10.9 Å². The van der Waals surface area contributed by atoms with Crippen LogP contribution < -0.4 is 15.9 Å². The normalized spacial score (nSPS) is 14.4. The Morgan fingerprint density at radius 2 is 1.60 bits per heavy atom. The third-order valence-corrected chi connectivity index (χ3v) is 6.95. The third-order valence-electron chi connectivity index (χ3n) is 6.10. The lowest BCUT2D eigenvalue weighted by molar-refractivity contribution is -0.146. The zero-order chi connectivity index (χ0) is 31.4. The zero-order valence-corrected chi connectivity index (χ0v) is 25.1. The van der Waals surface area contributed by atoms with Crippen molar-refractivity contribution >= 4 is 29.2 Å². The smallest absolute Gasteiger partial charge is 0.408 e. The Morgan fingerprint density at radius 1 is 0.952 bits per heavy atom. The molecule has 0 spiro atoms. The van der Waals surface area contributed by atoms with E-state index in [2.05, 4.69) is 15.6 Å². The van der Waals surface area contributed by atoms with Crippen molar-refractivity contribution in [3.63, 3.8) is 0 Å². The van der Waals surface area contributed by atoms with Gasteiger partial charge in [0, 0.05) is 18.0 Å². The van der Waals surface area contributed by atoms with Gasteiger partial charge in [-0.15, -0.1) is 11.3 Å². The van der Waals surface area contributed by atoms with E-state index in [1.807, 2.05) is 26.0 Å². The van der Waals surface area contributed by atoms with Gasteiger partial charge >= 0.3 is 6.09 Å². The molecule has 4 N–H and O–H groups in total. The molecule has 3 aromatic rings. The summed E-state index contributed by atoms with van der Waals surface area (Å²) in [4.78, 5) is 44.2. The van der Waals surface area contributed by atoms with Crippen LogP contribution in [0.2, 0.25) is 1.41 Å². The van der Waals surface area contributed by atoms with Gasteiger partial charge in [-0.1, -0.05) is 74.5 Å². The van der Waals surface area contributed by atoms with Crippen LogP contribution in [0, 0.1) is 5.92 Å². The highest BCUT2D eigenvalue weighted by molar-refractivity contribution is 7.09. The highest BCUT2D eigenvalue weighted by Crippen LogP contribution is 2.23. The summed E-state index contributed by atoms with van der Waals surface area (Å²) in [6, 6.07) is 15.9. The molecule has 4 atom stereocenters. The number of nitrogens with zero attached hydrogens (tertiary/aromatic N) is 1. The van der Waals surface area contributed by atoms with Crippen molar-refractivity contribution in [3.05, 3.63) is 88.4 Å². The number of amides is 3. The number of hydrogen-bond acceptors (Lipinski definition) is 8. The molecule has 0 saturated heterocycles. The minimum absolute atomic E-state index is 0.00857. The molecule has 3 amide bonds. The van der Waals surface area contributed by atoms with E-state index >= 15 is 0 Å². The van der Waals surface area contributed by atoms with Crippen LogP contribution in [0.25, 0.3) is 0 Å². The average molecular weight is 598 g/mol. The number of hydrogen-bond donors (Lipinski definition) is 4. The molecule has 42 heavy (non-hydrogen) atoms. The summed E-state index contributed by atoms with van der Waals surface area (Å²) in [5, 5.41) is 19.0. The van der Waals surface area contributed by atoms with Crippen LogP contribution in [-0.4, -0.2) is 52.4 Å². The van der Waals surface area contributed by atoms with Crippen molar-refractivity contribution in [1.29, 1.82) is 0 Å². The maximum absolute atomic E-state index is 13.7. The second-order valence-electron chi connectivity index (χ2n) is 10.5. The minimum Gasteiger partial charge on any atom is -0.445 e. The maximum atomic E-state index is 13.7. The molecule has 3 rings (SSSR count). The number of aromatic nitrogens is 1. The van der Waals surface area contributed by atoms with Crippen molar-refractivity contribution in [3.8, 4) is 0 Å². The lowest BCUT2D eigenvalue weighted by Gasteiger charge is -2.29. The van der Waals surface area contributed by atoms with E-state index in [9.17, 15) is 19.5 Å². The third kappa shape index (κ3) is 10.9. The molecule has 1 heterocycles. The number of aliphatic hydroxyl groups is 1. The van der Waals surface area contributed by atoms with Gasteiger partial charge in [-0.3, -0.25) is 9.59 Å². The number of thiazole rings is 1. The number of benzene rings is 2. The minimum atomic E-state index is -1.46. The number of nitrogens with one attached hydrogen (secondary N) is 3. The monoisotopic (exact) mass is 597 g/mol. The van der Waals surface area contributed by atoms with E-state index < -0.39 is 48.4 Å². The van der Waals surface area contributed by atoms with Gasteiger partial charge in [0.05, 0.1) is 12.1 Å². The van der Waals surface area contributed by atoms with Gasteiger partial charge in [-0.05, 0) is 37.3 Å². The van der Waals surface area contributed by atoms with Gasteiger partial charge in [0.15, 0.2) is 1.41 Å². The first-order valence-corrected chi connectivity index (χ1v) is 14.8. The molecule has 1 unspecified atom stereocenters. The highest BCUT2D eigenvalue weighted by Gasteiger charge is 2.32.